The molecule has 3 rings (SSSR count). The Hall–Kier alpha value is -3.50. The molecule has 9 nitrogen and oxygen atoms in total. The zero-order chi connectivity index (χ0) is 31.2. The second-order valence-electron chi connectivity index (χ2n) is 9.78. The first kappa shape index (κ1) is 34.0. The molecule has 0 aliphatic rings. The number of aryl methyl sites for hydroxylation is 1. The third kappa shape index (κ3) is 11.6. The Morgan fingerprint density at radius 1 is 0.953 bits per heavy atom. The number of carbonyl (C=O) groups is 2. The lowest BCUT2D eigenvalue weighted by Crippen LogP contribution is -2.39. The molecule has 2 N–H and O–H groups in total. The minimum atomic E-state index is -0.997. The monoisotopic (exact) mass is 632 g/mol. The van der Waals surface area contributed by atoms with Crippen LogP contribution in [0.2, 0.25) is 10.0 Å². The Morgan fingerprint density at radius 2 is 1.67 bits per heavy atom. The van der Waals surface area contributed by atoms with Crippen molar-refractivity contribution in [2.75, 3.05) is 45.3 Å². The molecular weight excluding hydrogens is 595 g/mol. The first-order valence-corrected chi connectivity index (χ1v) is 14.7. The summed E-state index contributed by atoms with van der Waals surface area (Å²) in [5.41, 5.74) is 3.26. The Balaban J connectivity index is 1.58. The number of nitrogens with one attached hydrogen (secondary N) is 1. The number of carbonyl (C=O) groups excluding carboxylic acids is 1. The number of hydrogen-bond acceptors (Lipinski definition) is 6. The molecule has 0 saturated carbocycles. The number of urea groups is 1. The van der Waals surface area contributed by atoms with Gasteiger partial charge in [0.2, 0.25) is 0 Å². The molecule has 0 aromatic heterocycles. The first-order valence-electron chi connectivity index (χ1n) is 14.0. The molecule has 0 spiro atoms. The lowest BCUT2D eigenvalue weighted by atomic mass is 10.1. The minimum absolute atomic E-state index is 0.246. The third-order valence-corrected chi connectivity index (χ3v) is 6.85. The van der Waals surface area contributed by atoms with Gasteiger partial charge in [-0.25, -0.2) is 9.59 Å². The average molecular weight is 634 g/mol. The van der Waals surface area contributed by atoms with Crippen molar-refractivity contribution in [3.63, 3.8) is 0 Å². The molecule has 0 aliphatic heterocycles. The summed E-state index contributed by atoms with van der Waals surface area (Å²) in [7, 11) is 1.56. The van der Waals surface area contributed by atoms with E-state index in [-0.39, 0.29) is 19.1 Å². The van der Waals surface area contributed by atoms with E-state index in [9.17, 15) is 14.7 Å². The Labute approximate surface area is 262 Å². The van der Waals surface area contributed by atoms with Gasteiger partial charge in [-0.15, -0.1) is 0 Å². The van der Waals surface area contributed by atoms with Gasteiger partial charge in [-0.2, -0.15) is 0 Å². The summed E-state index contributed by atoms with van der Waals surface area (Å²) in [6.07, 6.45) is -0.0544. The number of carboxylic acid groups (broad SMARTS) is 1. The Bertz CT molecular complexity index is 1320. The van der Waals surface area contributed by atoms with Crippen LogP contribution in [0.5, 0.6) is 11.5 Å². The highest BCUT2D eigenvalue weighted by Crippen LogP contribution is 2.26. The van der Waals surface area contributed by atoms with E-state index in [2.05, 4.69) is 5.32 Å². The van der Waals surface area contributed by atoms with Gasteiger partial charge in [0.1, 0.15) is 18.1 Å². The van der Waals surface area contributed by atoms with Crippen molar-refractivity contribution in [2.45, 2.75) is 39.4 Å². The van der Waals surface area contributed by atoms with Gasteiger partial charge < -0.3 is 34.3 Å². The van der Waals surface area contributed by atoms with E-state index in [0.717, 1.165) is 16.7 Å². The van der Waals surface area contributed by atoms with Gasteiger partial charge in [0.05, 0.1) is 25.9 Å². The molecule has 43 heavy (non-hydrogen) atoms. The van der Waals surface area contributed by atoms with Gasteiger partial charge in [0.15, 0.2) is 6.10 Å². The Morgan fingerprint density at radius 3 is 2.33 bits per heavy atom. The fraction of sp³-hybridized carbons (Fsp3) is 0.375. The summed E-state index contributed by atoms with van der Waals surface area (Å²) >= 11 is 12.1. The van der Waals surface area contributed by atoms with Crippen LogP contribution in [0, 0.1) is 6.92 Å². The second kappa shape index (κ2) is 17.6. The molecule has 232 valence electrons. The van der Waals surface area contributed by atoms with Crippen molar-refractivity contribution >= 4 is 40.9 Å². The van der Waals surface area contributed by atoms with Crippen molar-refractivity contribution in [1.82, 2.24) is 4.90 Å². The number of nitrogens with zero attached hydrogens (tertiary/aromatic N) is 1. The second-order valence-corrected chi connectivity index (χ2v) is 10.7. The summed E-state index contributed by atoms with van der Waals surface area (Å²) < 4.78 is 22.4. The van der Waals surface area contributed by atoms with E-state index >= 15 is 0 Å². The topological polar surface area (TPSA) is 107 Å². The Kier molecular flexibility index (Phi) is 13.9. The first-order chi connectivity index (χ1) is 20.7. The quantitative estimate of drug-likeness (QED) is 0.157. The lowest BCUT2D eigenvalue weighted by molar-refractivity contribution is -0.149. The van der Waals surface area contributed by atoms with Crippen LogP contribution in [0.15, 0.2) is 60.7 Å². The maximum Gasteiger partial charge on any atom is 0.333 e. The average Bonchev–Trinajstić information content (AvgIpc) is 2.96. The molecule has 1 unspecified atom stereocenters. The minimum Gasteiger partial charge on any atom is -0.495 e. The SMILES string of the molecule is CCOC(Cc1ccc(OCCN(CCCOCc2cc(Cl)cc(Cl)c2)C(=O)Nc2cc(C)ccc2OC)cc1)C(=O)O. The highest BCUT2D eigenvalue weighted by molar-refractivity contribution is 6.34. The third-order valence-electron chi connectivity index (χ3n) is 6.41. The molecule has 0 bridgehead atoms. The molecular formula is C32H38Cl2N2O7. The number of ether oxygens (including phenoxy) is 4. The molecule has 1 atom stereocenters. The molecule has 3 aromatic carbocycles. The number of carboxylic acids is 1. The van der Waals surface area contributed by atoms with Gasteiger partial charge in [-0.3, -0.25) is 0 Å². The standard InChI is InChI=1S/C32H38Cl2N2O7/c1-4-42-30(31(37)38)19-23-7-9-27(10-8-23)43-15-13-36(32(39)35-28-16-22(2)6-11-29(28)40-3)12-5-14-41-21-24-17-25(33)20-26(34)18-24/h6-11,16-18,20,30H,4-5,12-15,19,21H2,1-3H3,(H,35,39)(H,37,38). The van der Waals surface area contributed by atoms with Crippen LogP contribution >= 0.6 is 23.2 Å². The van der Waals surface area contributed by atoms with E-state index in [1.807, 2.05) is 37.3 Å². The fourth-order valence-corrected chi connectivity index (χ4v) is 4.87. The number of halogens is 2. The van der Waals surface area contributed by atoms with E-state index in [1.165, 1.54) is 0 Å². The van der Waals surface area contributed by atoms with Gasteiger partial charge >= 0.3 is 12.0 Å². The summed E-state index contributed by atoms with van der Waals surface area (Å²) in [6, 6.07) is 17.7. The normalized spacial score (nSPS) is 11.6. The van der Waals surface area contributed by atoms with Crippen LogP contribution < -0.4 is 14.8 Å². The maximum absolute atomic E-state index is 13.3. The van der Waals surface area contributed by atoms with Crippen molar-refractivity contribution in [1.29, 1.82) is 0 Å². The highest BCUT2D eigenvalue weighted by atomic mass is 35.5. The van der Waals surface area contributed by atoms with Crippen LogP contribution in [-0.4, -0.2) is 68.1 Å². The molecule has 11 heteroatoms. The molecule has 2 amide bonds. The number of methoxy groups -OCH3 is 1. The molecule has 0 fully saturated rings. The van der Waals surface area contributed by atoms with Crippen LogP contribution in [0.3, 0.4) is 0 Å². The molecule has 3 aromatic rings. The van der Waals surface area contributed by atoms with E-state index in [4.69, 9.17) is 42.1 Å². The highest BCUT2D eigenvalue weighted by Gasteiger charge is 2.18. The van der Waals surface area contributed by atoms with Crippen LogP contribution in [0.25, 0.3) is 0 Å². The van der Waals surface area contributed by atoms with Crippen molar-refractivity contribution in [3.8, 4) is 11.5 Å². The van der Waals surface area contributed by atoms with Gasteiger partial charge in [-0.05, 0) is 79.4 Å². The molecule has 0 aliphatic carbocycles. The number of benzene rings is 3. The van der Waals surface area contributed by atoms with Crippen molar-refractivity contribution < 1.29 is 33.6 Å². The van der Waals surface area contributed by atoms with Crippen molar-refractivity contribution in [3.05, 3.63) is 87.4 Å². The fourth-order valence-electron chi connectivity index (χ4n) is 4.30. The number of anilines is 1. The lowest BCUT2D eigenvalue weighted by Gasteiger charge is -2.24. The van der Waals surface area contributed by atoms with E-state index in [0.29, 0.717) is 66.6 Å². The molecule has 0 heterocycles. The van der Waals surface area contributed by atoms with Crippen LogP contribution in [0.4, 0.5) is 10.5 Å². The van der Waals surface area contributed by atoms with Crippen molar-refractivity contribution in [2.24, 2.45) is 0 Å². The zero-order valence-corrected chi connectivity index (χ0v) is 26.1. The van der Waals surface area contributed by atoms with E-state index in [1.54, 1.807) is 49.3 Å². The predicted molar refractivity (Wildman–Crippen MR) is 168 cm³/mol. The van der Waals surface area contributed by atoms with Crippen LogP contribution in [-0.2, 0) is 27.3 Å². The number of aliphatic carboxylic acids is 1. The number of hydrogen-bond donors (Lipinski definition) is 2. The number of amides is 2. The van der Waals surface area contributed by atoms with Gasteiger partial charge in [-0.1, -0.05) is 41.4 Å². The predicted octanol–water partition coefficient (Wildman–Crippen LogP) is 6.86. The van der Waals surface area contributed by atoms with Crippen LogP contribution in [0.1, 0.15) is 30.0 Å². The summed E-state index contributed by atoms with van der Waals surface area (Å²) in [4.78, 5) is 26.4. The summed E-state index contributed by atoms with van der Waals surface area (Å²) in [5, 5.41) is 13.4. The smallest absolute Gasteiger partial charge is 0.333 e. The molecule has 0 saturated heterocycles. The van der Waals surface area contributed by atoms with Gasteiger partial charge in [0, 0.05) is 36.2 Å². The molecule has 0 radical (unpaired) electrons. The number of rotatable bonds is 17. The summed E-state index contributed by atoms with van der Waals surface area (Å²) in [5.74, 6) is 0.174. The summed E-state index contributed by atoms with van der Waals surface area (Å²) in [6.45, 7) is 5.78. The zero-order valence-electron chi connectivity index (χ0n) is 24.6. The maximum atomic E-state index is 13.3. The van der Waals surface area contributed by atoms with Gasteiger partial charge in [0.25, 0.3) is 0 Å². The largest absolute Gasteiger partial charge is 0.495 e. The van der Waals surface area contributed by atoms with E-state index < -0.39 is 12.1 Å².